The van der Waals surface area contributed by atoms with Gasteiger partial charge < -0.3 is 15.7 Å². The minimum absolute atomic E-state index is 0.0208. The molecule has 0 heterocycles. The number of hydrogen-bond acceptors (Lipinski definition) is 3. The summed E-state index contributed by atoms with van der Waals surface area (Å²) in [5.74, 6) is 1.35. The Morgan fingerprint density at radius 1 is 1.14 bits per heavy atom. The van der Waals surface area contributed by atoms with Gasteiger partial charge in [-0.05, 0) is 60.7 Å². The highest BCUT2D eigenvalue weighted by Crippen LogP contribution is 2.31. The van der Waals surface area contributed by atoms with Crippen molar-refractivity contribution in [2.45, 2.75) is 19.3 Å². The number of fused-ring (bicyclic) bond motifs is 1. The van der Waals surface area contributed by atoms with Gasteiger partial charge in [-0.2, -0.15) is 0 Å². The van der Waals surface area contributed by atoms with Crippen LogP contribution in [0.15, 0.2) is 46.0 Å². The van der Waals surface area contributed by atoms with Crippen LogP contribution in [0, 0.1) is 0 Å². The van der Waals surface area contributed by atoms with Crippen molar-refractivity contribution in [3.05, 3.63) is 57.6 Å². The van der Waals surface area contributed by atoms with Crippen molar-refractivity contribution < 1.29 is 9.94 Å². The lowest BCUT2D eigenvalue weighted by molar-refractivity contribution is 0.318. The molecule has 0 radical (unpaired) electrons. The van der Waals surface area contributed by atoms with Gasteiger partial charge in [0.25, 0.3) is 0 Å². The first-order valence-corrected chi connectivity index (χ1v) is 7.54. The summed E-state index contributed by atoms with van der Waals surface area (Å²) >= 11 is 3.37. The number of benzene rings is 2. The molecule has 0 aliphatic heterocycles. The molecule has 0 unspecified atom stereocenters. The van der Waals surface area contributed by atoms with Gasteiger partial charge >= 0.3 is 0 Å². The highest BCUT2D eigenvalue weighted by atomic mass is 79.9. The molecular formula is C16H15BrN2O2. The van der Waals surface area contributed by atoms with Gasteiger partial charge in [0.2, 0.25) is 0 Å². The Bertz CT molecular complexity index is 713. The summed E-state index contributed by atoms with van der Waals surface area (Å²) in [6.45, 7) is 0. The van der Waals surface area contributed by atoms with E-state index in [1.165, 1.54) is 17.5 Å². The number of rotatable bonds is 3. The fourth-order valence-corrected chi connectivity index (χ4v) is 2.94. The Morgan fingerprint density at radius 2 is 1.95 bits per heavy atom. The Hall–Kier alpha value is -2.01. The number of hydrogen-bond donors (Lipinski definition) is 2. The summed E-state index contributed by atoms with van der Waals surface area (Å²) in [6, 6.07) is 11.6. The summed E-state index contributed by atoms with van der Waals surface area (Å²) < 4.78 is 6.76. The molecule has 3 rings (SSSR count). The van der Waals surface area contributed by atoms with Gasteiger partial charge in [0.1, 0.15) is 11.5 Å². The average Bonchev–Trinajstić information content (AvgIpc) is 2.96. The third-order valence-corrected chi connectivity index (χ3v) is 4.12. The van der Waals surface area contributed by atoms with Crippen molar-refractivity contribution in [2.75, 3.05) is 0 Å². The molecule has 0 saturated carbocycles. The maximum Gasteiger partial charge on any atom is 0.173 e. The van der Waals surface area contributed by atoms with Crippen molar-refractivity contribution in [3.8, 4) is 11.5 Å². The first-order chi connectivity index (χ1) is 10.2. The van der Waals surface area contributed by atoms with Crippen LogP contribution in [-0.2, 0) is 12.8 Å². The van der Waals surface area contributed by atoms with E-state index in [4.69, 9.17) is 15.7 Å². The Kier molecular flexibility index (Phi) is 3.84. The number of nitrogens with two attached hydrogens (primary N) is 1. The molecule has 3 N–H and O–H groups in total. The van der Waals surface area contributed by atoms with Crippen molar-refractivity contribution in [2.24, 2.45) is 10.9 Å². The average molecular weight is 347 g/mol. The lowest BCUT2D eigenvalue weighted by Gasteiger charge is -2.12. The van der Waals surface area contributed by atoms with Gasteiger partial charge in [0.05, 0.1) is 5.56 Å². The monoisotopic (exact) mass is 346 g/mol. The molecule has 0 fully saturated rings. The van der Waals surface area contributed by atoms with Gasteiger partial charge in [-0.15, -0.1) is 0 Å². The first kappa shape index (κ1) is 13.9. The van der Waals surface area contributed by atoms with E-state index in [2.05, 4.69) is 33.2 Å². The molecule has 0 atom stereocenters. The third kappa shape index (κ3) is 2.88. The van der Waals surface area contributed by atoms with Crippen LogP contribution in [-0.4, -0.2) is 11.0 Å². The molecule has 4 nitrogen and oxygen atoms in total. The molecule has 1 aliphatic carbocycles. The zero-order valence-corrected chi connectivity index (χ0v) is 12.9. The normalized spacial score (nSPS) is 14.0. The summed E-state index contributed by atoms with van der Waals surface area (Å²) in [5, 5.41) is 11.9. The van der Waals surface area contributed by atoms with Gasteiger partial charge in [0.15, 0.2) is 5.84 Å². The number of halogens is 1. The molecule has 21 heavy (non-hydrogen) atoms. The smallest absolute Gasteiger partial charge is 0.173 e. The van der Waals surface area contributed by atoms with Crippen LogP contribution >= 0.6 is 15.9 Å². The van der Waals surface area contributed by atoms with Crippen LogP contribution in [0.2, 0.25) is 0 Å². The topological polar surface area (TPSA) is 67.8 Å². The lowest BCUT2D eigenvalue weighted by Crippen LogP contribution is -2.14. The Morgan fingerprint density at radius 3 is 2.76 bits per heavy atom. The van der Waals surface area contributed by atoms with E-state index in [0.717, 1.165) is 23.1 Å². The van der Waals surface area contributed by atoms with Crippen LogP contribution in [0.25, 0.3) is 0 Å². The fourth-order valence-electron chi connectivity index (χ4n) is 2.58. The van der Waals surface area contributed by atoms with Crippen molar-refractivity contribution in [1.29, 1.82) is 0 Å². The number of amidine groups is 1. The van der Waals surface area contributed by atoms with E-state index < -0.39 is 0 Å². The SMILES string of the molecule is N/C(=N/O)c1cc(Br)ccc1Oc1ccc2c(c1)CCC2. The molecule has 0 saturated heterocycles. The summed E-state index contributed by atoms with van der Waals surface area (Å²) in [4.78, 5) is 0. The van der Waals surface area contributed by atoms with E-state index >= 15 is 0 Å². The molecule has 5 heteroatoms. The van der Waals surface area contributed by atoms with Crippen LogP contribution in [0.1, 0.15) is 23.1 Å². The standard InChI is InChI=1S/C16H15BrN2O2/c17-12-5-7-15(14(9-12)16(18)19-20)21-13-6-4-10-2-1-3-11(10)8-13/h4-9,20H,1-3H2,(H2,18,19). The maximum atomic E-state index is 8.89. The minimum atomic E-state index is 0.0208. The predicted octanol–water partition coefficient (Wildman–Crippen LogP) is 3.82. The van der Waals surface area contributed by atoms with Gasteiger partial charge in [-0.25, -0.2) is 0 Å². The largest absolute Gasteiger partial charge is 0.457 e. The summed E-state index contributed by atoms with van der Waals surface area (Å²) in [6.07, 6.45) is 3.44. The lowest BCUT2D eigenvalue weighted by atomic mass is 10.1. The molecule has 0 amide bonds. The van der Waals surface area contributed by atoms with Crippen LogP contribution in [0.4, 0.5) is 0 Å². The van der Waals surface area contributed by atoms with Gasteiger partial charge in [-0.3, -0.25) is 0 Å². The van der Waals surface area contributed by atoms with Crippen molar-refractivity contribution in [3.63, 3.8) is 0 Å². The Balaban J connectivity index is 1.94. The summed E-state index contributed by atoms with van der Waals surface area (Å²) in [5.41, 5.74) is 9.00. The second-order valence-electron chi connectivity index (χ2n) is 5.01. The van der Waals surface area contributed by atoms with Gasteiger partial charge in [-0.1, -0.05) is 27.2 Å². The van der Waals surface area contributed by atoms with E-state index in [1.807, 2.05) is 12.1 Å². The zero-order valence-electron chi connectivity index (χ0n) is 11.3. The molecule has 0 spiro atoms. The van der Waals surface area contributed by atoms with Gasteiger partial charge in [0, 0.05) is 4.47 Å². The van der Waals surface area contributed by atoms with Crippen molar-refractivity contribution in [1.82, 2.24) is 0 Å². The number of aryl methyl sites for hydroxylation is 2. The highest BCUT2D eigenvalue weighted by Gasteiger charge is 2.14. The number of ether oxygens (including phenoxy) is 1. The second kappa shape index (κ2) is 5.77. The molecular weight excluding hydrogens is 332 g/mol. The van der Waals surface area contributed by atoms with E-state index in [-0.39, 0.29) is 5.84 Å². The fraction of sp³-hybridized carbons (Fsp3) is 0.188. The zero-order chi connectivity index (χ0) is 14.8. The highest BCUT2D eigenvalue weighted by molar-refractivity contribution is 9.10. The number of nitrogens with zero attached hydrogens (tertiary/aromatic N) is 1. The molecule has 2 aromatic carbocycles. The first-order valence-electron chi connectivity index (χ1n) is 6.74. The van der Waals surface area contributed by atoms with Crippen LogP contribution in [0.5, 0.6) is 11.5 Å². The van der Waals surface area contributed by atoms with Crippen LogP contribution in [0.3, 0.4) is 0 Å². The quantitative estimate of drug-likeness (QED) is 0.384. The Labute approximate surface area is 131 Å². The predicted molar refractivity (Wildman–Crippen MR) is 85.2 cm³/mol. The number of oxime groups is 1. The maximum absolute atomic E-state index is 8.89. The molecule has 108 valence electrons. The minimum Gasteiger partial charge on any atom is -0.457 e. The molecule has 0 bridgehead atoms. The molecule has 1 aliphatic rings. The van der Waals surface area contributed by atoms with Crippen molar-refractivity contribution >= 4 is 21.8 Å². The van der Waals surface area contributed by atoms with E-state index in [1.54, 1.807) is 12.1 Å². The van der Waals surface area contributed by atoms with Crippen LogP contribution < -0.4 is 10.5 Å². The summed E-state index contributed by atoms with van der Waals surface area (Å²) in [7, 11) is 0. The van der Waals surface area contributed by atoms with E-state index in [0.29, 0.717) is 11.3 Å². The third-order valence-electron chi connectivity index (χ3n) is 3.62. The molecule has 2 aromatic rings. The molecule has 0 aromatic heterocycles. The second-order valence-corrected chi connectivity index (χ2v) is 5.93. The van der Waals surface area contributed by atoms with E-state index in [9.17, 15) is 0 Å².